The number of anilines is 1. The van der Waals surface area contributed by atoms with E-state index in [1.165, 1.54) is 31.2 Å². The maximum absolute atomic E-state index is 12.0. The Labute approximate surface area is 124 Å². The minimum absolute atomic E-state index is 0.138. The Morgan fingerprint density at radius 2 is 2.00 bits per heavy atom. The second-order valence-corrected chi connectivity index (χ2v) is 6.53. The summed E-state index contributed by atoms with van der Waals surface area (Å²) in [5.74, 6) is 0.910. The highest BCUT2D eigenvalue weighted by atomic mass is 79.9. The van der Waals surface area contributed by atoms with E-state index in [4.69, 9.17) is 0 Å². The Balaban J connectivity index is 1.91. The lowest BCUT2D eigenvalue weighted by molar-refractivity contribution is -0.116. The summed E-state index contributed by atoms with van der Waals surface area (Å²) in [5.41, 5.74) is 3.23. The average molecular weight is 324 g/mol. The van der Waals surface area contributed by atoms with Crippen LogP contribution in [0.25, 0.3) is 0 Å². The van der Waals surface area contributed by atoms with Gasteiger partial charge >= 0.3 is 0 Å². The fourth-order valence-electron chi connectivity index (χ4n) is 2.91. The van der Waals surface area contributed by atoms with Crippen molar-refractivity contribution >= 4 is 27.5 Å². The third-order valence-electron chi connectivity index (χ3n) is 3.95. The first-order valence-corrected chi connectivity index (χ1v) is 7.92. The van der Waals surface area contributed by atoms with Gasteiger partial charge in [-0.3, -0.25) is 4.79 Å². The number of hydrogen-bond donors (Lipinski definition) is 1. The Hall–Kier alpha value is -0.830. The predicted octanol–water partition coefficient (Wildman–Crippen LogP) is 4.97. The molecule has 2 nitrogen and oxygen atoms in total. The molecule has 0 bridgehead atoms. The Morgan fingerprint density at radius 1 is 1.32 bits per heavy atom. The molecule has 0 atom stereocenters. The Kier molecular flexibility index (Phi) is 5.03. The average Bonchev–Trinajstić information content (AvgIpc) is 2.84. The Morgan fingerprint density at radius 3 is 2.63 bits per heavy atom. The second kappa shape index (κ2) is 6.56. The van der Waals surface area contributed by atoms with Gasteiger partial charge in [0.1, 0.15) is 0 Å². The van der Waals surface area contributed by atoms with Gasteiger partial charge in [-0.1, -0.05) is 31.7 Å². The van der Waals surface area contributed by atoms with Gasteiger partial charge in [0.15, 0.2) is 0 Å². The molecule has 19 heavy (non-hydrogen) atoms. The zero-order valence-corrected chi connectivity index (χ0v) is 13.3. The summed E-state index contributed by atoms with van der Waals surface area (Å²) < 4.78 is 0.971. The van der Waals surface area contributed by atoms with E-state index in [0.29, 0.717) is 6.42 Å². The number of hydrogen-bond acceptors (Lipinski definition) is 1. The van der Waals surface area contributed by atoms with Crippen LogP contribution < -0.4 is 5.32 Å². The minimum Gasteiger partial charge on any atom is -0.325 e. The van der Waals surface area contributed by atoms with E-state index in [0.717, 1.165) is 28.1 Å². The quantitative estimate of drug-likeness (QED) is 0.832. The van der Waals surface area contributed by atoms with Gasteiger partial charge in [-0.05, 0) is 59.3 Å². The van der Waals surface area contributed by atoms with Crippen molar-refractivity contribution in [1.82, 2.24) is 0 Å². The lowest BCUT2D eigenvalue weighted by atomic mass is 10.0. The molecule has 1 saturated carbocycles. The largest absolute Gasteiger partial charge is 0.325 e. The SMILES string of the molecule is Cc1cc(C)c(NC(=O)CCC2CCCC2)c(Br)c1. The van der Waals surface area contributed by atoms with Crippen molar-refractivity contribution in [3.63, 3.8) is 0 Å². The van der Waals surface area contributed by atoms with Crippen LogP contribution in [0.1, 0.15) is 49.7 Å². The molecule has 0 aromatic heterocycles. The van der Waals surface area contributed by atoms with Crippen LogP contribution in [0.15, 0.2) is 16.6 Å². The van der Waals surface area contributed by atoms with E-state index < -0.39 is 0 Å². The van der Waals surface area contributed by atoms with Crippen LogP contribution in [-0.4, -0.2) is 5.91 Å². The van der Waals surface area contributed by atoms with Gasteiger partial charge in [-0.15, -0.1) is 0 Å². The maximum atomic E-state index is 12.0. The molecule has 2 rings (SSSR count). The molecule has 0 radical (unpaired) electrons. The number of nitrogens with one attached hydrogen (secondary N) is 1. The molecule has 0 unspecified atom stereocenters. The zero-order chi connectivity index (χ0) is 13.8. The molecule has 1 aliphatic carbocycles. The van der Waals surface area contributed by atoms with Gasteiger partial charge in [0, 0.05) is 10.9 Å². The van der Waals surface area contributed by atoms with E-state index in [2.05, 4.69) is 34.2 Å². The van der Waals surface area contributed by atoms with E-state index >= 15 is 0 Å². The van der Waals surface area contributed by atoms with Crippen molar-refractivity contribution in [3.05, 3.63) is 27.7 Å². The molecule has 1 aliphatic rings. The topological polar surface area (TPSA) is 29.1 Å². The summed E-state index contributed by atoms with van der Waals surface area (Å²) >= 11 is 3.53. The number of aryl methyl sites for hydroxylation is 2. The van der Waals surface area contributed by atoms with Gasteiger partial charge < -0.3 is 5.32 Å². The highest BCUT2D eigenvalue weighted by molar-refractivity contribution is 9.10. The lowest BCUT2D eigenvalue weighted by Gasteiger charge is -2.13. The number of rotatable bonds is 4. The molecule has 1 amide bonds. The van der Waals surface area contributed by atoms with Crippen molar-refractivity contribution in [2.75, 3.05) is 5.32 Å². The van der Waals surface area contributed by atoms with Crippen molar-refractivity contribution < 1.29 is 4.79 Å². The summed E-state index contributed by atoms with van der Waals surface area (Å²) in [6, 6.07) is 4.14. The van der Waals surface area contributed by atoms with Gasteiger partial charge in [0.05, 0.1) is 5.69 Å². The monoisotopic (exact) mass is 323 g/mol. The van der Waals surface area contributed by atoms with Crippen LogP contribution in [0.2, 0.25) is 0 Å². The summed E-state index contributed by atoms with van der Waals surface area (Å²) in [5, 5.41) is 3.04. The molecular weight excluding hydrogens is 302 g/mol. The third-order valence-corrected chi connectivity index (χ3v) is 4.58. The highest BCUT2D eigenvalue weighted by Crippen LogP contribution is 2.30. The smallest absolute Gasteiger partial charge is 0.224 e. The molecule has 1 N–H and O–H groups in total. The summed E-state index contributed by atoms with van der Waals surface area (Å²) in [4.78, 5) is 12.0. The number of carbonyl (C=O) groups is 1. The highest BCUT2D eigenvalue weighted by Gasteiger charge is 2.16. The molecule has 0 saturated heterocycles. The second-order valence-electron chi connectivity index (χ2n) is 5.68. The van der Waals surface area contributed by atoms with Gasteiger partial charge in [-0.25, -0.2) is 0 Å². The first-order chi connectivity index (χ1) is 9.06. The van der Waals surface area contributed by atoms with Crippen LogP contribution in [0.4, 0.5) is 5.69 Å². The third kappa shape index (κ3) is 4.07. The fourth-order valence-corrected chi connectivity index (χ4v) is 3.68. The van der Waals surface area contributed by atoms with E-state index in [1.807, 2.05) is 13.0 Å². The lowest BCUT2D eigenvalue weighted by Crippen LogP contribution is -2.14. The predicted molar refractivity (Wildman–Crippen MR) is 83.4 cm³/mol. The first kappa shape index (κ1) is 14.6. The van der Waals surface area contributed by atoms with E-state index in [9.17, 15) is 4.79 Å². The molecule has 3 heteroatoms. The zero-order valence-electron chi connectivity index (χ0n) is 11.8. The van der Waals surface area contributed by atoms with Gasteiger partial charge in [0.25, 0.3) is 0 Å². The maximum Gasteiger partial charge on any atom is 0.224 e. The van der Waals surface area contributed by atoms with Crippen molar-refractivity contribution in [2.45, 2.75) is 52.4 Å². The number of benzene rings is 1. The number of carbonyl (C=O) groups excluding carboxylic acids is 1. The van der Waals surface area contributed by atoms with E-state index in [-0.39, 0.29) is 5.91 Å². The molecule has 1 fully saturated rings. The molecule has 0 heterocycles. The summed E-state index contributed by atoms with van der Waals surface area (Å²) in [7, 11) is 0. The van der Waals surface area contributed by atoms with Crippen LogP contribution in [-0.2, 0) is 4.79 Å². The van der Waals surface area contributed by atoms with Crippen LogP contribution >= 0.6 is 15.9 Å². The van der Waals surface area contributed by atoms with Gasteiger partial charge in [0.2, 0.25) is 5.91 Å². The molecule has 0 spiro atoms. The van der Waals surface area contributed by atoms with Crippen LogP contribution in [0.5, 0.6) is 0 Å². The van der Waals surface area contributed by atoms with Crippen molar-refractivity contribution in [3.8, 4) is 0 Å². The molecule has 1 aromatic carbocycles. The van der Waals surface area contributed by atoms with Crippen molar-refractivity contribution in [2.24, 2.45) is 5.92 Å². The minimum atomic E-state index is 0.138. The molecule has 1 aromatic rings. The van der Waals surface area contributed by atoms with Crippen LogP contribution in [0.3, 0.4) is 0 Å². The molecule has 0 aliphatic heterocycles. The molecule has 104 valence electrons. The first-order valence-electron chi connectivity index (χ1n) is 7.13. The fraction of sp³-hybridized carbons (Fsp3) is 0.562. The number of halogens is 1. The molecular formula is C16H22BrNO. The summed E-state index contributed by atoms with van der Waals surface area (Å²) in [6.45, 7) is 4.09. The summed E-state index contributed by atoms with van der Waals surface area (Å²) in [6.07, 6.45) is 6.98. The normalized spacial score (nSPS) is 15.7. The number of amides is 1. The van der Waals surface area contributed by atoms with Crippen molar-refractivity contribution in [1.29, 1.82) is 0 Å². The standard InChI is InChI=1S/C16H22BrNO/c1-11-9-12(2)16(14(17)10-11)18-15(19)8-7-13-5-3-4-6-13/h9-10,13H,3-8H2,1-2H3,(H,18,19). The van der Waals surface area contributed by atoms with E-state index in [1.54, 1.807) is 0 Å². The van der Waals surface area contributed by atoms with Crippen LogP contribution in [0, 0.1) is 19.8 Å². The van der Waals surface area contributed by atoms with Gasteiger partial charge in [-0.2, -0.15) is 0 Å². The Bertz CT molecular complexity index is 441.